The van der Waals surface area contributed by atoms with E-state index in [1.807, 2.05) is 18.2 Å². The molecule has 0 aromatic heterocycles. The Balaban J connectivity index is 1.72. The highest BCUT2D eigenvalue weighted by atomic mass is 16.7. The first-order valence-electron chi connectivity index (χ1n) is 13.3. The van der Waals surface area contributed by atoms with Crippen LogP contribution < -0.4 is 10.6 Å². The van der Waals surface area contributed by atoms with Gasteiger partial charge in [0.1, 0.15) is 24.4 Å². The fourth-order valence-electron chi connectivity index (χ4n) is 4.46. The van der Waals surface area contributed by atoms with Crippen LogP contribution in [0.5, 0.6) is 0 Å². The van der Waals surface area contributed by atoms with Gasteiger partial charge in [0.15, 0.2) is 6.29 Å². The Morgan fingerprint density at radius 3 is 2.42 bits per heavy atom. The van der Waals surface area contributed by atoms with Crippen LogP contribution in [0.4, 0.5) is 0 Å². The normalized spacial score (nSPS) is 25.8. The maximum atomic E-state index is 12.2. The molecule has 8 atom stereocenters. The summed E-state index contributed by atoms with van der Waals surface area (Å²) < 4.78 is 10.8. The SMILES string of the molecule is CC(=O)N[C@@H](CO[C@H]1OC(CO)[C@H](O)C(O)[C@H]1O)[C@H](O)[C@H](C)CCCC(=O)NCCCCc1ccccc1. The standard InChI is InChI=1S/C27H44N2O9/c1-17(9-8-13-22(32)28-14-7-6-12-19-10-4-3-5-11-19)23(33)20(29-18(2)31)16-37-27-26(36)25(35)24(34)21(15-30)38-27/h3-5,10-11,17,20-21,23-27,30,33-36H,6-9,12-16H2,1-2H3,(H,28,32)(H,29,31)/t17-,20+,21?,23-,24+,25?,26-,27+/m1/s1. The van der Waals surface area contributed by atoms with Crippen molar-refractivity contribution in [1.82, 2.24) is 10.6 Å². The van der Waals surface area contributed by atoms with E-state index in [0.29, 0.717) is 25.8 Å². The molecule has 1 aliphatic rings. The summed E-state index contributed by atoms with van der Waals surface area (Å²) >= 11 is 0. The first-order chi connectivity index (χ1) is 18.1. The molecule has 1 aromatic carbocycles. The van der Waals surface area contributed by atoms with E-state index in [2.05, 4.69) is 22.8 Å². The van der Waals surface area contributed by atoms with E-state index in [0.717, 1.165) is 19.3 Å². The number of aliphatic hydroxyl groups is 5. The van der Waals surface area contributed by atoms with Gasteiger partial charge in [0, 0.05) is 19.9 Å². The van der Waals surface area contributed by atoms with Crippen molar-refractivity contribution in [2.75, 3.05) is 19.8 Å². The van der Waals surface area contributed by atoms with Gasteiger partial charge in [-0.25, -0.2) is 0 Å². The molecule has 11 heteroatoms. The Kier molecular flexibility index (Phi) is 14.2. The van der Waals surface area contributed by atoms with Gasteiger partial charge in [0.05, 0.1) is 25.4 Å². The highest BCUT2D eigenvalue weighted by Crippen LogP contribution is 2.23. The molecule has 0 radical (unpaired) electrons. The summed E-state index contributed by atoms with van der Waals surface area (Å²) in [4.78, 5) is 23.9. The van der Waals surface area contributed by atoms with Crippen LogP contribution in [-0.2, 0) is 25.5 Å². The number of aliphatic hydroxyl groups excluding tert-OH is 5. The molecule has 2 unspecified atom stereocenters. The minimum Gasteiger partial charge on any atom is -0.394 e. The molecular formula is C27H44N2O9. The lowest BCUT2D eigenvalue weighted by Gasteiger charge is -2.40. The van der Waals surface area contributed by atoms with Crippen molar-refractivity contribution in [3.05, 3.63) is 35.9 Å². The summed E-state index contributed by atoms with van der Waals surface area (Å²) in [6.07, 6.45) is -3.97. The lowest BCUT2D eigenvalue weighted by molar-refractivity contribution is -0.303. The van der Waals surface area contributed by atoms with Crippen LogP contribution >= 0.6 is 0 Å². The Morgan fingerprint density at radius 1 is 1.05 bits per heavy atom. The predicted molar refractivity (Wildman–Crippen MR) is 139 cm³/mol. The molecule has 2 amide bonds. The maximum Gasteiger partial charge on any atom is 0.219 e. The minimum absolute atomic E-state index is 0.0456. The van der Waals surface area contributed by atoms with E-state index in [9.17, 15) is 35.1 Å². The van der Waals surface area contributed by atoms with Gasteiger partial charge in [-0.05, 0) is 43.6 Å². The van der Waals surface area contributed by atoms with Crippen molar-refractivity contribution >= 4 is 11.8 Å². The average molecular weight is 541 g/mol. The predicted octanol–water partition coefficient (Wildman–Crippen LogP) is -0.386. The number of hydrogen-bond acceptors (Lipinski definition) is 9. The molecule has 1 aliphatic heterocycles. The number of amides is 2. The van der Waals surface area contributed by atoms with Crippen LogP contribution in [-0.4, -0.2) is 100.0 Å². The molecule has 0 saturated carbocycles. The molecule has 0 spiro atoms. The number of nitrogens with one attached hydrogen (secondary N) is 2. The topological polar surface area (TPSA) is 178 Å². The van der Waals surface area contributed by atoms with Gasteiger partial charge < -0.3 is 45.6 Å². The quantitative estimate of drug-likeness (QED) is 0.138. The molecule has 1 saturated heterocycles. The average Bonchev–Trinajstić information content (AvgIpc) is 2.90. The number of carbonyl (C=O) groups excluding carboxylic acids is 2. The molecule has 7 N–H and O–H groups in total. The van der Waals surface area contributed by atoms with E-state index >= 15 is 0 Å². The first-order valence-corrected chi connectivity index (χ1v) is 13.3. The Bertz CT molecular complexity index is 826. The number of hydrogen-bond donors (Lipinski definition) is 7. The zero-order chi connectivity index (χ0) is 28.1. The van der Waals surface area contributed by atoms with Crippen molar-refractivity contribution in [2.45, 2.75) is 95.2 Å². The molecule has 1 heterocycles. The van der Waals surface area contributed by atoms with Gasteiger partial charge in [-0.1, -0.05) is 37.3 Å². The number of ether oxygens (including phenoxy) is 2. The number of benzene rings is 1. The second kappa shape index (κ2) is 16.8. The molecule has 0 aliphatic carbocycles. The Morgan fingerprint density at radius 2 is 1.76 bits per heavy atom. The summed E-state index contributed by atoms with van der Waals surface area (Å²) in [5.41, 5.74) is 1.28. The second-order valence-corrected chi connectivity index (χ2v) is 9.99. The van der Waals surface area contributed by atoms with Crippen molar-refractivity contribution in [3.63, 3.8) is 0 Å². The minimum atomic E-state index is -1.59. The zero-order valence-corrected chi connectivity index (χ0v) is 22.2. The number of carbonyl (C=O) groups is 2. The smallest absolute Gasteiger partial charge is 0.219 e. The molecule has 1 fully saturated rings. The van der Waals surface area contributed by atoms with Crippen molar-refractivity contribution < 1.29 is 44.6 Å². The van der Waals surface area contributed by atoms with Crippen molar-refractivity contribution in [2.24, 2.45) is 5.92 Å². The summed E-state index contributed by atoms with van der Waals surface area (Å²) in [7, 11) is 0. The van der Waals surface area contributed by atoms with E-state index in [-0.39, 0.29) is 18.4 Å². The molecule has 2 rings (SSSR count). The van der Waals surface area contributed by atoms with Crippen LogP contribution in [0.2, 0.25) is 0 Å². The number of aryl methyl sites for hydroxylation is 1. The molecule has 1 aromatic rings. The summed E-state index contributed by atoms with van der Waals surface area (Å²) in [6, 6.07) is 9.34. The van der Waals surface area contributed by atoms with Crippen LogP contribution in [0.25, 0.3) is 0 Å². The Labute approximate surface area is 224 Å². The fraction of sp³-hybridized carbons (Fsp3) is 0.704. The first kappa shape index (κ1) is 32.1. The lowest BCUT2D eigenvalue weighted by atomic mass is 9.93. The third kappa shape index (κ3) is 10.6. The van der Waals surface area contributed by atoms with Crippen molar-refractivity contribution in [3.8, 4) is 0 Å². The molecule has 11 nitrogen and oxygen atoms in total. The van der Waals surface area contributed by atoms with Gasteiger partial charge in [-0.2, -0.15) is 0 Å². The van der Waals surface area contributed by atoms with E-state index in [4.69, 9.17) is 9.47 Å². The second-order valence-electron chi connectivity index (χ2n) is 9.99. The Hall–Kier alpha value is -2.12. The fourth-order valence-corrected chi connectivity index (χ4v) is 4.46. The monoisotopic (exact) mass is 540 g/mol. The van der Waals surface area contributed by atoms with Gasteiger partial charge >= 0.3 is 0 Å². The zero-order valence-electron chi connectivity index (χ0n) is 22.2. The summed E-state index contributed by atoms with van der Waals surface area (Å²) in [5.74, 6) is -0.731. The van der Waals surface area contributed by atoms with Gasteiger partial charge in [0.2, 0.25) is 11.8 Å². The van der Waals surface area contributed by atoms with Gasteiger partial charge in [-0.15, -0.1) is 0 Å². The highest BCUT2D eigenvalue weighted by Gasteiger charge is 2.44. The molecular weight excluding hydrogens is 496 g/mol. The van der Waals surface area contributed by atoms with Gasteiger partial charge in [-0.3, -0.25) is 9.59 Å². The number of rotatable bonds is 16. The van der Waals surface area contributed by atoms with Gasteiger partial charge in [0.25, 0.3) is 0 Å². The van der Waals surface area contributed by atoms with Crippen LogP contribution in [0, 0.1) is 5.92 Å². The number of unbranched alkanes of at least 4 members (excludes halogenated alkanes) is 1. The maximum absolute atomic E-state index is 12.2. The van der Waals surface area contributed by atoms with Crippen molar-refractivity contribution in [1.29, 1.82) is 0 Å². The molecule has 216 valence electrons. The van der Waals surface area contributed by atoms with Crippen LogP contribution in [0.15, 0.2) is 30.3 Å². The highest BCUT2D eigenvalue weighted by molar-refractivity contribution is 5.75. The van der Waals surface area contributed by atoms with Crippen LogP contribution in [0.1, 0.15) is 51.5 Å². The largest absolute Gasteiger partial charge is 0.394 e. The third-order valence-corrected chi connectivity index (χ3v) is 6.79. The summed E-state index contributed by atoms with van der Waals surface area (Å²) in [5, 5.41) is 55.7. The van der Waals surface area contributed by atoms with E-state index in [1.54, 1.807) is 6.92 Å². The molecule has 0 bridgehead atoms. The van der Waals surface area contributed by atoms with Crippen LogP contribution in [0.3, 0.4) is 0 Å². The van der Waals surface area contributed by atoms with E-state index < -0.39 is 55.4 Å². The van der Waals surface area contributed by atoms with E-state index in [1.165, 1.54) is 12.5 Å². The summed E-state index contributed by atoms with van der Waals surface area (Å²) in [6.45, 7) is 2.86. The molecule has 38 heavy (non-hydrogen) atoms. The lowest BCUT2D eigenvalue weighted by Crippen LogP contribution is -2.60. The third-order valence-electron chi connectivity index (χ3n) is 6.79.